The molecule has 30 heavy (non-hydrogen) atoms. The third kappa shape index (κ3) is 3.45. The Kier molecular flexibility index (Phi) is 4.89. The molecule has 7 nitrogen and oxygen atoms in total. The van der Waals surface area contributed by atoms with Crippen molar-refractivity contribution in [2.24, 2.45) is 0 Å². The first kappa shape index (κ1) is 18.8. The summed E-state index contributed by atoms with van der Waals surface area (Å²) < 4.78 is 1.41. The maximum absolute atomic E-state index is 13.3. The van der Waals surface area contributed by atoms with E-state index in [9.17, 15) is 20.2 Å². The molecule has 0 N–H and O–H groups in total. The molecule has 144 valence electrons. The molecule has 4 rings (SSSR count). The van der Waals surface area contributed by atoms with Crippen molar-refractivity contribution in [1.29, 1.82) is 5.26 Å². The highest BCUT2D eigenvalue weighted by Gasteiger charge is 2.15. The molecule has 0 aliphatic heterocycles. The van der Waals surface area contributed by atoms with Crippen LogP contribution in [0.2, 0.25) is 0 Å². The molecule has 0 atom stereocenters. The Balaban J connectivity index is 1.99. The molecule has 0 saturated heterocycles. The van der Waals surface area contributed by atoms with Crippen LogP contribution in [-0.2, 0) is 0 Å². The fourth-order valence-corrected chi connectivity index (χ4v) is 3.19. The molecule has 0 amide bonds. The average molecular weight is 394 g/mol. The molecule has 4 aromatic rings. The zero-order chi connectivity index (χ0) is 21.1. The maximum atomic E-state index is 13.3. The van der Waals surface area contributed by atoms with E-state index in [0.717, 1.165) is 0 Å². The quantitative estimate of drug-likeness (QED) is 0.378. The molecule has 0 aliphatic rings. The minimum absolute atomic E-state index is 0.0669. The summed E-state index contributed by atoms with van der Waals surface area (Å²) in [5.74, 6) is 0. The third-order valence-electron chi connectivity index (χ3n) is 4.65. The summed E-state index contributed by atoms with van der Waals surface area (Å²) in [7, 11) is 0. The molecule has 0 fully saturated rings. The van der Waals surface area contributed by atoms with E-state index in [-0.39, 0.29) is 11.2 Å². The largest absolute Gasteiger partial charge is 0.283 e. The Hall–Kier alpha value is -4.57. The van der Waals surface area contributed by atoms with Crippen molar-refractivity contribution in [3.8, 4) is 34.1 Å². The highest BCUT2D eigenvalue weighted by molar-refractivity contribution is 5.74. The summed E-state index contributed by atoms with van der Waals surface area (Å²) in [6, 6.07) is 21.9. The van der Waals surface area contributed by atoms with E-state index in [4.69, 9.17) is 0 Å². The second kappa shape index (κ2) is 7.81. The van der Waals surface area contributed by atoms with Gasteiger partial charge in [-0.2, -0.15) is 5.26 Å². The second-order valence-corrected chi connectivity index (χ2v) is 6.46. The van der Waals surface area contributed by atoms with Crippen LogP contribution in [0.15, 0.2) is 90.0 Å². The van der Waals surface area contributed by atoms with Gasteiger partial charge in [0.05, 0.1) is 22.2 Å². The molecule has 7 heteroatoms. The smallest absolute Gasteiger partial charge is 0.269 e. The van der Waals surface area contributed by atoms with Gasteiger partial charge in [0.2, 0.25) is 0 Å². The zero-order valence-electron chi connectivity index (χ0n) is 15.6. The van der Waals surface area contributed by atoms with Gasteiger partial charge in [0.15, 0.2) is 0 Å². The van der Waals surface area contributed by atoms with Crippen molar-refractivity contribution in [2.45, 2.75) is 0 Å². The number of non-ortho nitro benzene ring substituents is 1. The van der Waals surface area contributed by atoms with Crippen LogP contribution in [0, 0.1) is 21.4 Å². The summed E-state index contributed by atoms with van der Waals surface area (Å²) in [4.78, 5) is 28.2. The summed E-state index contributed by atoms with van der Waals surface area (Å²) in [5.41, 5.74) is 2.63. The Bertz CT molecular complexity index is 1340. The van der Waals surface area contributed by atoms with Gasteiger partial charge in [-0.15, -0.1) is 0 Å². The predicted octanol–water partition coefficient (Wildman–Crippen LogP) is 4.35. The van der Waals surface area contributed by atoms with E-state index in [2.05, 4.69) is 11.1 Å². The van der Waals surface area contributed by atoms with Gasteiger partial charge in [-0.05, 0) is 36.4 Å². The topological polar surface area (TPSA) is 102 Å². The number of benzene rings is 2. The number of nitro benzene ring substituents is 1. The fraction of sp³-hybridized carbons (Fsp3) is 0. The highest BCUT2D eigenvalue weighted by Crippen LogP contribution is 2.26. The Morgan fingerprint density at radius 3 is 2.37 bits per heavy atom. The van der Waals surface area contributed by atoms with Crippen molar-refractivity contribution in [2.75, 3.05) is 0 Å². The summed E-state index contributed by atoms with van der Waals surface area (Å²) >= 11 is 0. The van der Waals surface area contributed by atoms with Crippen LogP contribution >= 0.6 is 0 Å². The van der Waals surface area contributed by atoms with E-state index < -0.39 is 4.92 Å². The average Bonchev–Trinajstić information content (AvgIpc) is 2.80. The van der Waals surface area contributed by atoms with Gasteiger partial charge in [-0.1, -0.05) is 24.3 Å². The number of hydrogen-bond acceptors (Lipinski definition) is 5. The maximum Gasteiger partial charge on any atom is 0.269 e. The van der Waals surface area contributed by atoms with Crippen molar-refractivity contribution in [1.82, 2.24) is 9.55 Å². The molecule has 2 aromatic heterocycles. The molecule has 2 aromatic carbocycles. The van der Waals surface area contributed by atoms with Gasteiger partial charge in [0, 0.05) is 46.9 Å². The third-order valence-corrected chi connectivity index (χ3v) is 4.65. The normalized spacial score (nSPS) is 10.4. The first-order chi connectivity index (χ1) is 14.6. The summed E-state index contributed by atoms with van der Waals surface area (Å²) in [6.45, 7) is 0. The van der Waals surface area contributed by atoms with E-state index in [1.807, 2.05) is 12.1 Å². The predicted molar refractivity (Wildman–Crippen MR) is 112 cm³/mol. The van der Waals surface area contributed by atoms with Crippen LogP contribution < -0.4 is 5.56 Å². The zero-order valence-corrected chi connectivity index (χ0v) is 15.6. The molecule has 2 heterocycles. The molecular formula is C23H14N4O3. The molecule has 0 unspecified atom stereocenters. The minimum atomic E-state index is -0.495. The van der Waals surface area contributed by atoms with Crippen LogP contribution in [0.25, 0.3) is 28.1 Å². The number of nitriles is 1. The number of nitrogens with zero attached hydrogens (tertiary/aromatic N) is 4. The second-order valence-electron chi connectivity index (χ2n) is 6.46. The fourth-order valence-electron chi connectivity index (χ4n) is 3.19. The first-order valence-electron chi connectivity index (χ1n) is 9.01. The Labute approximate surface area is 171 Å². The number of pyridine rings is 2. The number of rotatable bonds is 4. The highest BCUT2D eigenvalue weighted by atomic mass is 16.6. The van der Waals surface area contributed by atoms with Crippen LogP contribution in [0.5, 0.6) is 0 Å². The molecule has 0 aliphatic carbocycles. The van der Waals surface area contributed by atoms with Gasteiger partial charge in [-0.25, -0.2) is 0 Å². The van der Waals surface area contributed by atoms with Crippen molar-refractivity contribution in [3.05, 3.63) is 111 Å². The molecule has 0 spiro atoms. The lowest BCUT2D eigenvalue weighted by molar-refractivity contribution is -0.384. The van der Waals surface area contributed by atoms with E-state index in [1.54, 1.807) is 48.8 Å². The van der Waals surface area contributed by atoms with E-state index >= 15 is 0 Å². The number of aromatic nitrogens is 2. The van der Waals surface area contributed by atoms with Crippen LogP contribution in [-0.4, -0.2) is 14.5 Å². The monoisotopic (exact) mass is 394 g/mol. The lowest BCUT2D eigenvalue weighted by atomic mass is 9.99. The minimum Gasteiger partial charge on any atom is -0.283 e. The Morgan fingerprint density at radius 1 is 0.967 bits per heavy atom. The van der Waals surface area contributed by atoms with Gasteiger partial charge < -0.3 is 0 Å². The van der Waals surface area contributed by atoms with E-state index in [0.29, 0.717) is 33.6 Å². The summed E-state index contributed by atoms with van der Waals surface area (Å²) in [6.07, 6.45) is 3.30. The Morgan fingerprint density at radius 2 is 1.70 bits per heavy atom. The molecular weight excluding hydrogens is 380 g/mol. The number of hydrogen-bond donors (Lipinski definition) is 0. The van der Waals surface area contributed by atoms with Gasteiger partial charge in [0.25, 0.3) is 11.2 Å². The van der Waals surface area contributed by atoms with E-state index in [1.165, 1.54) is 28.8 Å². The lowest BCUT2D eigenvalue weighted by Gasteiger charge is -2.13. The van der Waals surface area contributed by atoms with Crippen LogP contribution in [0.3, 0.4) is 0 Å². The van der Waals surface area contributed by atoms with Crippen molar-refractivity contribution in [3.63, 3.8) is 0 Å². The van der Waals surface area contributed by atoms with Crippen LogP contribution in [0.1, 0.15) is 5.56 Å². The van der Waals surface area contributed by atoms with Crippen LogP contribution in [0.4, 0.5) is 5.69 Å². The first-order valence-corrected chi connectivity index (χ1v) is 9.01. The lowest BCUT2D eigenvalue weighted by Crippen LogP contribution is -2.20. The molecule has 0 radical (unpaired) electrons. The standard InChI is InChI=1S/C23H14N4O3/c24-14-16-5-1-2-6-20(16)21-13-17(22-7-3-4-12-25-22)15-26(23(21)28)18-8-10-19(11-9-18)27(29)30/h1-13,15H. The van der Waals surface area contributed by atoms with Gasteiger partial charge >= 0.3 is 0 Å². The van der Waals surface area contributed by atoms with Crippen molar-refractivity contribution < 1.29 is 4.92 Å². The molecule has 0 saturated carbocycles. The van der Waals surface area contributed by atoms with Gasteiger partial charge in [-0.3, -0.25) is 24.5 Å². The molecule has 0 bridgehead atoms. The van der Waals surface area contributed by atoms with Gasteiger partial charge in [0.1, 0.15) is 0 Å². The SMILES string of the molecule is N#Cc1ccccc1-c1cc(-c2ccccn2)cn(-c2ccc([N+](=O)[O-])cc2)c1=O. The van der Waals surface area contributed by atoms with Crippen molar-refractivity contribution >= 4 is 5.69 Å². The summed E-state index contributed by atoms with van der Waals surface area (Å²) in [5, 5.41) is 20.5. The number of nitro groups is 1.